The second kappa shape index (κ2) is 7.17. The highest BCUT2D eigenvalue weighted by Gasteiger charge is 2.40. The number of hydrogen-bond acceptors (Lipinski definition) is 7. The third-order valence-corrected chi connectivity index (χ3v) is 2.77. The van der Waals surface area contributed by atoms with Gasteiger partial charge in [-0.1, -0.05) is 6.07 Å². The summed E-state index contributed by atoms with van der Waals surface area (Å²) < 4.78 is 9.07. The molecule has 0 aromatic carbocycles. The van der Waals surface area contributed by atoms with E-state index in [0.29, 0.717) is 5.56 Å². The highest BCUT2D eigenvalue weighted by atomic mass is 16.6. The Hall–Kier alpha value is -2.51. The van der Waals surface area contributed by atoms with Crippen LogP contribution >= 0.6 is 0 Å². The Labute approximate surface area is 114 Å². The molecule has 0 aliphatic rings. The topological polar surface area (TPSA) is 109 Å². The number of carbonyl (C=O) groups is 2. The molecule has 108 valence electrons. The zero-order valence-corrected chi connectivity index (χ0v) is 11.0. The van der Waals surface area contributed by atoms with Crippen LogP contribution in [0, 0.1) is 16.0 Å². The van der Waals surface area contributed by atoms with Crippen molar-refractivity contribution in [2.45, 2.75) is 5.92 Å². The summed E-state index contributed by atoms with van der Waals surface area (Å²) in [6.07, 6.45) is 2.85. The van der Waals surface area contributed by atoms with Crippen LogP contribution in [0.4, 0.5) is 0 Å². The van der Waals surface area contributed by atoms with Crippen molar-refractivity contribution in [3.63, 3.8) is 0 Å². The van der Waals surface area contributed by atoms with Gasteiger partial charge in [0.25, 0.3) is 0 Å². The van der Waals surface area contributed by atoms with Gasteiger partial charge in [-0.3, -0.25) is 24.7 Å². The lowest BCUT2D eigenvalue weighted by atomic mass is 9.86. The fourth-order valence-electron chi connectivity index (χ4n) is 1.84. The minimum atomic E-state index is -1.40. The highest BCUT2D eigenvalue weighted by Crippen LogP contribution is 2.26. The Morgan fingerprint density at radius 3 is 2.35 bits per heavy atom. The molecule has 0 amide bonds. The van der Waals surface area contributed by atoms with Crippen molar-refractivity contribution in [1.82, 2.24) is 4.98 Å². The molecule has 0 saturated heterocycles. The van der Waals surface area contributed by atoms with Crippen LogP contribution in [-0.4, -0.2) is 42.6 Å². The third-order valence-electron chi connectivity index (χ3n) is 2.77. The Bertz CT molecular complexity index is 474. The SMILES string of the molecule is COC(=O)C(C(=O)OC)[C@@H](C[N+](=O)[O-])c1cccnc1. The molecule has 8 nitrogen and oxygen atoms in total. The molecule has 20 heavy (non-hydrogen) atoms. The van der Waals surface area contributed by atoms with Crippen LogP contribution in [0.5, 0.6) is 0 Å². The van der Waals surface area contributed by atoms with Crippen molar-refractivity contribution >= 4 is 11.9 Å². The highest BCUT2D eigenvalue weighted by molar-refractivity contribution is 5.96. The van der Waals surface area contributed by atoms with E-state index in [2.05, 4.69) is 14.5 Å². The van der Waals surface area contributed by atoms with Gasteiger partial charge in [-0.15, -0.1) is 0 Å². The van der Waals surface area contributed by atoms with Crippen molar-refractivity contribution in [2.24, 2.45) is 5.92 Å². The monoisotopic (exact) mass is 282 g/mol. The van der Waals surface area contributed by atoms with Crippen LogP contribution < -0.4 is 0 Å². The number of esters is 2. The van der Waals surface area contributed by atoms with Crippen molar-refractivity contribution in [3.05, 3.63) is 40.2 Å². The second-order valence-corrected chi connectivity index (χ2v) is 3.93. The van der Waals surface area contributed by atoms with Gasteiger partial charge in [0.15, 0.2) is 5.92 Å². The summed E-state index contributed by atoms with van der Waals surface area (Å²) in [5.74, 6) is -4.17. The number of rotatable bonds is 6. The normalized spacial score (nSPS) is 11.8. The molecule has 0 saturated carbocycles. The fraction of sp³-hybridized carbons (Fsp3) is 0.417. The summed E-state index contributed by atoms with van der Waals surface area (Å²) in [5.41, 5.74) is 0.394. The number of nitro groups is 1. The van der Waals surface area contributed by atoms with Crippen molar-refractivity contribution in [3.8, 4) is 0 Å². The Morgan fingerprint density at radius 1 is 1.35 bits per heavy atom. The molecule has 0 unspecified atom stereocenters. The number of aromatic nitrogens is 1. The summed E-state index contributed by atoms with van der Waals surface area (Å²) in [6, 6.07) is 3.12. The molecule has 0 radical (unpaired) electrons. The lowest BCUT2D eigenvalue weighted by Gasteiger charge is -2.20. The van der Waals surface area contributed by atoms with Crippen LogP contribution in [0.2, 0.25) is 0 Å². The molecular weight excluding hydrogens is 268 g/mol. The maximum absolute atomic E-state index is 11.7. The number of nitrogens with zero attached hydrogens (tertiary/aromatic N) is 2. The van der Waals surface area contributed by atoms with Gasteiger partial charge < -0.3 is 9.47 Å². The predicted molar refractivity (Wildman–Crippen MR) is 66.4 cm³/mol. The number of ether oxygens (including phenoxy) is 2. The molecule has 1 aromatic rings. The first-order chi connectivity index (χ1) is 9.51. The Kier molecular flexibility index (Phi) is 5.57. The molecule has 0 fully saturated rings. The van der Waals surface area contributed by atoms with Gasteiger partial charge in [-0.25, -0.2) is 0 Å². The molecule has 0 bridgehead atoms. The van der Waals surface area contributed by atoms with Gasteiger partial charge in [-0.05, 0) is 11.6 Å². The molecule has 1 aromatic heterocycles. The largest absolute Gasteiger partial charge is 0.468 e. The van der Waals surface area contributed by atoms with Crippen LogP contribution in [0.15, 0.2) is 24.5 Å². The average molecular weight is 282 g/mol. The standard InChI is InChI=1S/C12H14N2O6/c1-19-11(15)10(12(16)20-2)9(7-14(17)18)8-4-3-5-13-6-8/h3-6,9-10H,7H2,1-2H3/t9-/m0/s1. The van der Waals surface area contributed by atoms with E-state index in [4.69, 9.17) is 0 Å². The summed E-state index contributed by atoms with van der Waals surface area (Å²) in [5, 5.41) is 10.8. The summed E-state index contributed by atoms with van der Waals surface area (Å²) in [6.45, 7) is -0.611. The number of carbonyl (C=O) groups excluding carboxylic acids is 2. The van der Waals surface area contributed by atoms with Crippen LogP contribution in [0.3, 0.4) is 0 Å². The minimum Gasteiger partial charge on any atom is -0.468 e. The zero-order chi connectivity index (χ0) is 15.1. The van der Waals surface area contributed by atoms with Gasteiger partial charge in [0.2, 0.25) is 6.54 Å². The Balaban J connectivity index is 3.21. The smallest absolute Gasteiger partial charge is 0.320 e. The van der Waals surface area contributed by atoms with Crippen molar-refractivity contribution in [1.29, 1.82) is 0 Å². The summed E-state index contributed by atoms with van der Waals surface area (Å²) in [4.78, 5) is 37.5. The second-order valence-electron chi connectivity index (χ2n) is 3.93. The first kappa shape index (κ1) is 15.5. The summed E-state index contributed by atoms with van der Waals surface area (Å²) >= 11 is 0. The maximum Gasteiger partial charge on any atom is 0.320 e. The van der Waals surface area contributed by atoms with Gasteiger partial charge >= 0.3 is 11.9 Å². The lowest BCUT2D eigenvalue weighted by molar-refractivity contribution is -0.484. The van der Waals surface area contributed by atoms with E-state index in [-0.39, 0.29) is 0 Å². The van der Waals surface area contributed by atoms with Gasteiger partial charge in [0.05, 0.1) is 20.1 Å². The maximum atomic E-state index is 11.7. The third kappa shape index (κ3) is 3.74. The van der Waals surface area contributed by atoms with E-state index >= 15 is 0 Å². The predicted octanol–water partition coefficient (Wildman–Crippen LogP) is 0.404. The van der Waals surface area contributed by atoms with Gasteiger partial charge in [0, 0.05) is 17.3 Å². The molecule has 0 spiro atoms. The molecular formula is C12H14N2O6. The molecule has 0 aliphatic carbocycles. The molecule has 8 heteroatoms. The van der Waals surface area contributed by atoms with E-state index in [1.807, 2.05) is 0 Å². The first-order valence-corrected chi connectivity index (χ1v) is 5.68. The molecule has 1 atom stereocenters. The minimum absolute atomic E-state index is 0.394. The molecule has 1 rings (SSSR count). The average Bonchev–Trinajstić information content (AvgIpc) is 2.46. The van der Waals surface area contributed by atoms with E-state index in [1.54, 1.807) is 12.1 Å². The Morgan fingerprint density at radius 2 is 1.95 bits per heavy atom. The van der Waals surface area contributed by atoms with Crippen molar-refractivity contribution in [2.75, 3.05) is 20.8 Å². The van der Waals surface area contributed by atoms with Crippen LogP contribution in [-0.2, 0) is 19.1 Å². The summed E-state index contributed by atoms with van der Waals surface area (Å²) in [7, 11) is 2.20. The quantitative estimate of drug-likeness (QED) is 0.321. The fourth-order valence-corrected chi connectivity index (χ4v) is 1.84. The van der Waals surface area contributed by atoms with Crippen LogP contribution in [0.25, 0.3) is 0 Å². The van der Waals surface area contributed by atoms with E-state index < -0.39 is 35.2 Å². The van der Waals surface area contributed by atoms with Gasteiger partial charge in [0.1, 0.15) is 0 Å². The number of methoxy groups -OCH3 is 2. The van der Waals surface area contributed by atoms with Crippen LogP contribution in [0.1, 0.15) is 11.5 Å². The molecule has 0 aliphatic heterocycles. The molecule has 0 N–H and O–H groups in total. The zero-order valence-electron chi connectivity index (χ0n) is 11.0. The molecule has 1 heterocycles. The van der Waals surface area contributed by atoms with Gasteiger partial charge in [-0.2, -0.15) is 0 Å². The first-order valence-electron chi connectivity index (χ1n) is 5.68. The number of hydrogen-bond donors (Lipinski definition) is 0. The van der Waals surface area contributed by atoms with E-state index in [9.17, 15) is 19.7 Å². The van der Waals surface area contributed by atoms with Crippen molar-refractivity contribution < 1.29 is 24.0 Å². The van der Waals surface area contributed by atoms with E-state index in [1.165, 1.54) is 12.4 Å². The van der Waals surface area contributed by atoms with E-state index in [0.717, 1.165) is 14.2 Å². The lowest BCUT2D eigenvalue weighted by Crippen LogP contribution is -2.35. The number of pyridine rings is 1.